The third kappa shape index (κ3) is 1.75. The molecular formula is C7H12N2OS. The van der Waals surface area contributed by atoms with E-state index in [0.29, 0.717) is 0 Å². The molecule has 11 heavy (non-hydrogen) atoms. The molecule has 4 heteroatoms. The Bertz CT molecular complexity index is 244. The van der Waals surface area contributed by atoms with Crippen LogP contribution in [0.3, 0.4) is 0 Å². The Labute approximate surface area is 70.6 Å². The molecule has 0 aliphatic rings. The van der Waals surface area contributed by atoms with Crippen molar-refractivity contribution in [3.8, 4) is 0 Å². The average molecular weight is 172 g/mol. The molecule has 3 nitrogen and oxygen atoms in total. The summed E-state index contributed by atoms with van der Waals surface area (Å²) in [6.07, 6.45) is 0. The smallest absolute Gasteiger partial charge is 0.173 e. The van der Waals surface area contributed by atoms with E-state index in [4.69, 9.17) is 4.74 Å². The molecule has 0 aliphatic heterocycles. The fraction of sp³-hybridized carbons (Fsp3) is 0.714. The van der Waals surface area contributed by atoms with Gasteiger partial charge in [0.2, 0.25) is 0 Å². The van der Waals surface area contributed by atoms with Crippen LogP contribution < -0.4 is 0 Å². The van der Waals surface area contributed by atoms with Crippen molar-refractivity contribution in [1.82, 2.24) is 9.36 Å². The quantitative estimate of drug-likeness (QED) is 0.681. The lowest BCUT2D eigenvalue weighted by Gasteiger charge is -2.18. The maximum atomic E-state index is 5.22. The second kappa shape index (κ2) is 2.87. The van der Waals surface area contributed by atoms with Gasteiger partial charge in [-0.2, -0.15) is 4.37 Å². The highest BCUT2D eigenvalue weighted by Crippen LogP contribution is 2.21. The topological polar surface area (TPSA) is 35.0 Å². The molecule has 1 aromatic rings. The molecule has 1 aromatic heterocycles. The maximum absolute atomic E-state index is 5.22. The molecule has 0 atom stereocenters. The highest BCUT2D eigenvalue weighted by Gasteiger charge is 2.23. The van der Waals surface area contributed by atoms with Gasteiger partial charge in [0.15, 0.2) is 5.82 Å². The van der Waals surface area contributed by atoms with Gasteiger partial charge in [0, 0.05) is 7.11 Å². The van der Waals surface area contributed by atoms with Crippen molar-refractivity contribution in [1.29, 1.82) is 0 Å². The average Bonchev–Trinajstić information content (AvgIpc) is 2.36. The zero-order valence-electron chi connectivity index (χ0n) is 7.21. The largest absolute Gasteiger partial charge is 0.371 e. The third-order valence-corrected chi connectivity index (χ3v) is 2.20. The minimum Gasteiger partial charge on any atom is -0.371 e. The predicted octanol–water partition coefficient (Wildman–Crippen LogP) is 1.73. The Morgan fingerprint density at radius 2 is 2.09 bits per heavy atom. The summed E-state index contributed by atoms with van der Waals surface area (Å²) >= 11 is 1.41. The van der Waals surface area contributed by atoms with E-state index in [2.05, 4.69) is 9.36 Å². The first kappa shape index (κ1) is 8.62. The molecule has 0 aromatic carbocycles. The highest BCUT2D eigenvalue weighted by atomic mass is 32.1. The van der Waals surface area contributed by atoms with Crippen molar-refractivity contribution in [2.45, 2.75) is 26.4 Å². The number of hydrogen-bond acceptors (Lipinski definition) is 4. The zero-order valence-corrected chi connectivity index (χ0v) is 8.03. The third-order valence-electron chi connectivity index (χ3n) is 1.58. The number of methoxy groups -OCH3 is 1. The lowest BCUT2D eigenvalue weighted by molar-refractivity contribution is 0.0124. The first-order valence-electron chi connectivity index (χ1n) is 3.42. The van der Waals surface area contributed by atoms with Crippen LogP contribution in [0, 0.1) is 6.92 Å². The molecule has 0 bridgehead atoms. The summed E-state index contributed by atoms with van der Waals surface area (Å²) in [6, 6.07) is 0. The number of hydrogen-bond donors (Lipinski definition) is 0. The summed E-state index contributed by atoms with van der Waals surface area (Å²) in [7, 11) is 1.66. The van der Waals surface area contributed by atoms with Gasteiger partial charge < -0.3 is 4.74 Å². The molecule has 0 radical (unpaired) electrons. The van der Waals surface area contributed by atoms with Crippen molar-refractivity contribution in [2.24, 2.45) is 0 Å². The van der Waals surface area contributed by atoms with Crippen LogP contribution in [0.1, 0.15) is 24.7 Å². The Hall–Kier alpha value is -0.480. The normalized spacial score (nSPS) is 12.0. The summed E-state index contributed by atoms with van der Waals surface area (Å²) in [5.41, 5.74) is -0.356. The summed E-state index contributed by atoms with van der Waals surface area (Å²) in [6.45, 7) is 5.84. The molecule has 0 unspecified atom stereocenters. The van der Waals surface area contributed by atoms with Crippen LogP contribution in [0.5, 0.6) is 0 Å². The predicted molar refractivity (Wildman–Crippen MR) is 44.7 cm³/mol. The van der Waals surface area contributed by atoms with Crippen LogP contribution in [0.2, 0.25) is 0 Å². The number of ether oxygens (including phenoxy) is 1. The van der Waals surface area contributed by atoms with Crippen LogP contribution in [-0.2, 0) is 10.3 Å². The molecular weight excluding hydrogens is 160 g/mol. The minimum atomic E-state index is -0.356. The fourth-order valence-electron chi connectivity index (χ4n) is 0.635. The van der Waals surface area contributed by atoms with Gasteiger partial charge in [0.05, 0.1) is 0 Å². The summed E-state index contributed by atoms with van der Waals surface area (Å²) in [5.74, 6) is 0.766. The molecule has 0 N–H and O–H groups in total. The van der Waals surface area contributed by atoms with E-state index < -0.39 is 0 Å². The Kier molecular flexibility index (Phi) is 2.25. The Morgan fingerprint density at radius 1 is 1.45 bits per heavy atom. The number of aromatic nitrogens is 2. The second-order valence-electron chi connectivity index (χ2n) is 2.85. The summed E-state index contributed by atoms with van der Waals surface area (Å²) in [5, 5.41) is 0.977. The molecule has 62 valence electrons. The fourth-order valence-corrected chi connectivity index (χ4v) is 1.24. The van der Waals surface area contributed by atoms with Gasteiger partial charge in [-0.25, -0.2) is 4.98 Å². The van der Waals surface area contributed by atoms with Gasteiger partial charge in [0.1, 0.15) is 10.6 Å². The number of nitrogens with zero attached hydrogens (tertiary/aromatic N) is 2. The van der Waals surface area contributed by atoms with Gasteiger partial charge in [-0.3, -0.25) is 0 Å². The molecule has 0 saturated heterocycles. The van der Waals surface area contributed by atoms with E-state index in [0.717, 1.165) is 10.8 Å². The van der Waals surface area contributed by atoms with Crippen molar-refractivity contribution in [2.75, 3.05) is 7.11 Å². The van der Waals surface area contributed by atoms with Crippen LogP contribution in [0.4, 0.5) is 0 Å². The highest BCUT2D eigenvalue weighted by molar-refractivity contribution is 7.05. The SMILES string of the molecule is COC(C)(C)c1nsc(C)n1. The second-order valence-corrected chi connectivity index (χ2v) is 3.81. The van der Waals surface area contributed by atoms with Gasteiger partial charge in [-0.05, 0) is 32.3 Å². The first-order valence-corrected chi connectivity index (χ1v) is 4.19. The van der Waals surface area contributed by atoms with E-state index in [1.807, 2.05) is 20.8 Å². The van der Waals surface area contributed by atoms with Crippen molar-refractivity contribution < 1.29 is 4.74 Å². The van der Waals surface area contributed by atoms with E-state index in [1.165, 1.54) is 11.5 Å². The summed E-state index contributed by atoms with van der Waals surface area (Å²) in [4.78, 5) is 4.24. The van der Waals surface area contributed by atoms with Crippen molar-refractivity contribution >= 4 is 11.5 Å². The molecule has 0 aliphatic carbocycles. The van der Waals surface area contributed by atoms with E-state index in [9.17, 15) is 0 Å². The first-order chi connectivity index (χ1) is 5.06. The molecule has 1 rings (SSSR count). The summed E-state index contributed by atoms with van der Waals surface area (Å²) < 4.78 is 9.38. The standard InChI is InChI=1S/C7H12N2OS/c1-5-8-6(9-11-5)7(2,3)10-4/h1-4H3. The van der Waals surface area contributed by atoms with E-state index in [-0.39, 0.29) is 5.60 Å². The molecule has 1 heterocycles. The number of aryl methyl sites for hydroxylation is 1. The molecule has 0 saturated carbocycles. The Morgan fingerprint density at radius 3 is 2.45 bits per heavy atom. The van der Waals surface area contributed by atoms with Gasteiger partial charge in [-0.1, -0.05) is 0 Å². The van der Waals surface area contributed by atoms with Gasteiger partial charge in [0.25, 0.3) is 0 Å². The van der Waals surface area contributed by atoms with Crippen LogP contribution in [0.25, 0.3) is 0 Å². The zero-order chi connectivity index (χ0) is 8.48. The molecule has 0 spiro atoms. The van der Waals surface area contributed by atoms with E-state index >= 15 is 0 Å². The lowest BCUT2D eigenvalue weighted by atomic mass is 10.1. The molecule has 0 fully saturated rings. The lowest BCUT2D eigenvalue weighted by Crippen LogP contribution is -2.21. The van der Waals surface area contributed by atoms with Crippen molar-refractivity contribution in [3.63, 3.8) is 0 Å². The van der Waals surface area contributed by atoms with Crippen LogP contribution in [-0.4, -0.2) is 16.5 Å². The monoisotopic (exact) mass is 172 g/mol. The molecule has 0 amide bonds. The van der Waals surface area contributed by atoms with Gasteiger partial charge >= 0.3 is 0 Å². The van der Waals surface area contributed by atoms with E-state index in [1.54, 1.807) is 7.11 Å². The van der Waals surface area contributed by atoms with Crippen molar-refractivity contribution in [3.05, 3.63) is 10.8 Å². The van der Waals surface area contributed by atoms with Crippen LogP contribution >= 0.6 is 11.5 Å². The minimum absolute atomic E-state index is 0.356. The van der Waals surface area contributed by atoms with Gasteiger partial charge in [-0.15, -0.1) is 0 Å². The Balaban J connectivity index is 2.92. The maximum Gasteiger partial charge on any atom is 0.173 e. The van der Waals surface area contributed by atoms with Crippen LogP contribution in [0.15, 0.2) is 0 Å². The number of rotatable bonds is 2.